The molecule has 9 heteroatoms. The topological polar surface area (TPSA) is 97.3 Å². The number of carbonyl (C=O) groups is 1. The lowest BCUT2D eigenvalue weighted by Crippen LogP contribution is -2.49. The predicted molar refractivity (Wildman–Crippen MR) is 108 cm³/mol. The quantitative estimate of drug-likeness (QED) is 0.683. The first kappa shape index (κ1) is 21.7. The molecule has 1 aliphatic carbocycles. The molecule has 1 aromatic heterocycles. The second-order valence-corrected chi connectivity index (χ2v) is 8.20. The van der Waals surface area contributed by atoms with Gasteiger partial charge in [0.1, 0.15) is 0 Å². The number of aliphatic hydroxyl groups is 1. The van der Waals surface area contributed by atoms with Crippen LogP contribution in [0.15, 0.2) is 29.2 Å². The van der Waals surface area contributed by atoms with Crippen LogP contribution < -0.4 is 16.6 Å². The first-order valence-electron chi connectivity index (χ1n) is 9.49. The van der Waals surface area contributed by atoms with E-state index in [0.29, 0.717) is 10.8 Å². The second-order valence-electron chi connectivity index (χ2n) is 7.79. The molecule has 29 heavy (non-hydrogen) atoms. The third-order valence-electron chi connectivity index (χ3n) is 5.45. The van der Waals surface area contributed by atoms with Crippen molar-refractivity contribution in [2.75, 3.05) is 13.1 Å². The molecule has 1 saturated carbocycles. The number of nitrogens with one attached hydrogen (secondary N) is 1. The van der Waals surface area contributed by atoms with Gasteiger partial charge in [0.25, 0.3) is 17.4 Å². The Bertz CT molecular complexity index is 995. The number of hydrogen-bond donors (Lipinski definition) is 3. The number of nitrogens with zero attached hydrogens (tertiary/aromatic N) is 1. The van der Waals surface area contributed by atoms with Crippen LogP contribution in [0.3, 0.4) is 0 Å². The van der Waals surface area contributed by atoms with E-state index in [-0.39, 0.29) is 54.5 Å². The molecule has 6 nitrogen and oxygen atoms in total. The largest absolute Gasteiger partial charge is 0.388 e. The number of amides is 1. The molecule has 1 aromatic carbocycles. The fourth-order valence-electron chi connectivity index (χ4n) is 3.82. The van der Waals surface area contributed by atoms with Gasteiger partial charge in [0.15, 0.2) is 0 Å². The Labute approximate surface area is 171 Å². The van der Waals surface area contributed by atoms with E-state index in [4.69, 9.17) is 17.3 Å². The monoisotopic (exact) mass is 427 g/mol. The molecule has 1 heterocycles. The number of halogens is 3. The number of pyridine rings is 1. The molecule has 0 spiro atoms. The highest BCUT2D eigenvalue weighted by molar-refractivity contribution is 6.35. The minimum absolute atomic E-state index is 0.0694. The van der Waals surface area contributed by atoms with Gasteiger partial charge >= 0.3 is 0 Å². The van der Waals surface area contributed by atoms with E-state index in [1.807, 2.05) is 0 Å². The highest BCUT2D eigenvalue weighted by Crippen LogP contribution is 2.39. The SMILES string of the molecule is C[C@H](CN)n1ccc2c(C(=O)NCC3(O)CCCC(F)(F)C3)c(Cl)ccc2c1=O. The molecule has 1 aliphatic rings. The smallest absolute Gasteiger partial charge is 0.258 e. The molecule has 0 saturated heterocycles. The van der Waals surface area contributed by atoms with Crippen LogP contribution in [0.4, 0.5) is 8.78 Å². The zero-order valence-electron chi connectivity index (χ0n) is 16.1. The van der Waals surface area contributed by atoms with Crippen LogP contribution in [0, 0.1) is 0 Å². The van der Waals surface area contributed by atoms with Crippen molar-refractivity contribution in [2.24, 2.45) is 5.73 Å². The lowest BCUT2D eigenvalue weighted by atomic mass is 9.82. The van der Waals surface area contributed by atoms with E-state index >= 15 is 0 Å². The second kappa shape index (κ2) is 8.01. The normalized spacial score (nSPS) is 22.4. The van der Waals surface area contributed by atoms with Crippen LogP contribution in [0.2, 0.25) is 5.02 Å². The standard InChI is InChI=1S/C20H24ClF2N3O3/c1-12(9-24)26-8-5-13-14(18(26)28)3-4-15(21)16(13)17(27)25-11-19(29)6-2-7-20(22,23)10-19/h3-5,8,12,29H,2,6-7,9-11,24H2,1H3,(H,25,27)/t12-,19?/m1/s1. The maximum absolute atomic E-state index is 13.7. The summed E-state index contributed by atoms with van der Waals surface area (Å²) in [7, 11) is 0. The van der Waals surface area contributed by atoms with Crippen LogP contribution in [-0.2, 0) is 0 Å². The van der Waals surface area contributed by atoms with Crippen LogP contribution in [0.1, 0.15) is 49.0 Å². The lowest BCUT2D eigenvalue weighted by molar-refractivity contribution is -0.121. The van der Waals surface area contributed by atoms with Crippen LogP contribution in [0.5, 0.6) is 0 Å². The van der Waals surface area contributed by atoms with Crippen molar-refractivity contribution in [1.29, 1.82) is 0 Å². The Hall–Kier alpha value is -2.03. The average molecular weight is 428 g/mol. The number of rotatable bonds is 5. The van der Waals surface area contributed by atoms with Crippen molar-refractivity contribution in [3.8, 4) is 0 Å². The molecule has 2 atom stereocenters. The number of fused-ring (bicyclic) bond motifs is 1. The van der Waals surface area contributed by atoms with E-state index in [2.05, 4.69) is 5.32 Å². The summed E-state index contributed by atoms with van der Waals surface area (Å²) in [6.45, 7) is 1.75. The Balaban J connectivity index is 1.91. The number of carbonyl (C=O) groups excluding carboxylic acids is 1. The molecule has 1 amide bonds. The van der Waals surface area contributed by atoms with Gasteiger partial charge in [0.05, 0.1) is 16.2 Å². The fourth-order valence-corrected chi connectivity index (χ4v) is 4.07. The first-order chi connectivity index (χ1) is 13.6. The molecular formula is C20H24ClF2N3O3. The fraction of sp³-hybridized carbons (Fsp3) is 0.500. The number of alkyl halides is 2. The van der Waals surface area contributed by atoms with E-state index in [1.165, 1.54) is 16.7 Å². The molecule has 158 valence electrons. The van der Waals surface area contributed by atoms with E-state index in [9.17, 15) is 23.5 Å². The molecule has 1 unspecified atom stereocenters. The summed E-state index contributed by atoms with van der Waals surface area (Å²) in [5, 5.41) is 13.7. The molecular weight excluding hydrogens is 404 g/mol. The third kappa shape index (κ3) is 4.44. The van der Waals surface area contributed by atoms with Gasteiger partial charge in [-0.25, -0.2) is 8.78 Å². The highest BCUT2D eigenvalue weighted by Gasteiger charge is 2.44. The van der Waals surface area contributed by atoms with Crippen molar-refractivity contribution in [3.63, 3.8) is 0 Å². The van der Waals surface area contributed by atoms with Crippen LogP contribution in [-0.4, -0.2) is 40.2 Å². The Morgan fingerprint density at radius 1 is 1.34 bits per heavy atom. The van der Waals surface area contributed by atoms with E-state index in [1.54, 1.807) is 19.2 Å². The summed E-state index contributed by atoms with van der Waals surface area (Å²) in [6.07, 6.45) is 0.919. The van der Waals surface area contributed by atoms with Crippen LogP contribution >= 0.6 is 11.6 Å². The number of benzene rings is 1. The summed E-state index contributed by atoms with van der Waals surface area (Å²) in [5.74, 6) is -3.59. The van der Waals surface area contributed by atoms with Crippen molar-refractivity contribution in [1.82, 2.24) is 9.88 Å². The van der Waals surface area contributed by atoms with Gasteiger partial charge in [-0.2, -0.15) is 0 Å². The van der Waals surface area contributed by atoms with Gasteiger partial charge in [-0.05, 0) is 38.0 Å². The molecule has 1 fully saturated rings. The van der Waals surface area contributed by atoms with Crippen molar-refractivity contribution in [2.45, 2.75) is 50.2 Å². The van der Waals surface area contributed by atoms with Gasteiger partial charge < -0.3 is 20.7 Å². The van der Waals surface area contributed by atoms with Crippen molar-refractivity contribution >= 4 is 28.3 Å². The van der Waals surface area contributed by atoms with Gasteiger partial charge in [0, 0.05) is 48.9 Å². The van der Waals surface area contributed by atoms with Crippen LogP contribution in [0.25, 0.3) is 10.8 Å². The van der Waals surface area contributed by atoms with Gasteiger partial charge in [0.2, 0.25) is 0 Å². The Morgan fingerprint density at radius 2 is 2.07 bits per heavy atom. The maximum atomic E-state index is 13.7. The average Bonchev–Trinajstić information content (AvgIpc) is 2.65. The van der Waals surface area contributed by atoms with E-state index < -0.39 is 23.9 Å². The molecule has 3 rings (SSSR count). The molecule has 0 radical (unpaired) electrons. The Morgan fingerprint density at radius 3 is 2.72 bits per heavy atom. The van der Waals surface area contributed by atoms with Gasteiger partial charge in [-0.15, -0.1) is 0 Å². The summed E-state index contributed by atoms with van der Waals surface area (Å²) in [6, 6.07) is 4.36. The molecule has 0 bridgehead atoms. The number of aromatic nitrogens is 1. The number of nitrogens with two attached hydrogens (primary N) is 1. The van der Waals surface area contributed by atoms with Gasteiger partial charge in [-0.1, -0.05) is 11.6 Å². The third-order valence-corrected chi connectivity index (χ3v) is 5.77. The lowest BCUT2D eigenvalue weighted by Gasteiger charge is -2.36. The molecule has 2 aromatic rings. The maximum Gasteiger partial charge on any atom is 0.258 e. The summed E-state index contributed by atoms with van der Waals surface area (Å²) >= 11 is 6.21. The zero-order valence-corrected chi connectivity index (χ0v) is 16.8. The summed E-state index contributed by atoms with van der Waals surface area (Å²) in [5.41, 5.74) is 3.72. The number of hydrogen-bond acceptors (Lipinski definition) is 4. The van der Waals surface area contributed by atoms with Crippen molar-refractivity contribution < 1.29 is 18.7 Å². The van der Waals surface area contributed by atoms with E-state index in [0.717, 1.165) is 0 Å². The summed E-state index contributed by atoms with van der Waals surface area (Å²) in [4.78, 5) is 25.5. The van der Waals surface area contributed by atoms with Crippen molar-refractivity contribution in [3.05, 3.63) is 45.3 Å². The molecule has 0 aliphatic heterocycles. The Kier molecular flexibility index (Phi) is 5.98. The summed E-state index contributed by atoms with van der Waals surface area (Å²) < 4.78 is 28.8. The minimum Gasteiger partial charge on any atom is -0.388 e. The minimum atomic E-state index is -2.96. The van der Waals surface area contributed by atoms with Gasteiger partial charge in [-0.3, -0.25) is 9.59 Å². The first-order valence-corrected chi connectivity index (χ1v) is 9.86. The predicted octanol–water partition coefficient (Wildman–Crippen LogP) is 2.84. The molecule has 4 N–H and O–H groups in total. The zero-order chi connectivity index (χ0) is 21.4. The highest BCUT2D eigenvalue weighted by atomic mass is 35.5.